The number of aliphatic hydroxyl groups excluding tert-OH is 1. The molecule has 0 aliphatic carbocycles. The number of carbonyl (C=O) groups excluding carboxylic acids is 1. The van der Waals surface area contributed by atoms with Gasteiger partial charge in [-0.25, -0.2) is 0 Å². The van der Waals surface area contributed by atoms with E-state index in [-0.39, 0.29) is 18.1 Å². The van der Waals surface area contributed by atoms with Gasteiger partial charge >= 0.3 is 0 Å². The Labute approximate surface area is 171 Å². The Morgan fingerprint density at radius 3 is 2.21 bits per heavy atom. The Morgan fingerprint density at radius 2 is 1.61 bits per heavy atom. The number of aryl methyl sites for hydroxylation is 1. The molecule has 0 bridgehead atoms. The molecule has 4 nitrogen and oxygen atoms in total. The number of anilines is 1. The zero-order valence-corrected chi connectivity index (χ0v) is 17.7. The predicted octanol–water partition coefficient (Wildman–Crippen LogP) is 5.20. The molecule has 1 amide bonds. The Hall–Kier alpha value is -1.39. The van der Waals surface area contributed by atoms with E-state index >= 15 is 0 Å². The van der Waals surface area contributed by atoms with Gasteiger partial charge in [-0.05, 0) is 49.9 Å². The van der Waals surface area contributed by atoms with Gasteiger partial charge in [0.1, 0.15) is 0 Å². The van der Waals surface area contributed by atoms with E-state index in [2.05, 4.69) is 29.7 Å². The van der Waals surface area contributed by atoms with Gasteiger partial charge < -0.3 is 15.7 Å². The lowest BCUT2D eigenvalue weighted by molar-refractivity contribution is -0.119. The second-order valence-corrected chi connectivity index (χ2v) is 8.30. The van der Waals surface area contributed by atoms with Gasteiger partial charge in [-0.15, -0.1) is 0 Å². The number of hydrogen-bond donors (Lipinski definition) is 3. The summed E-state index contributed by atoms with van der Waals surface area (Å²) in [7, 11) is 0. The number of benzene rings is 1. The maximum Gasteiger partial charge on any atom is 0.241 e. The molecule has 158 valence electrons. The first-order valence-corrected chi connectivity index (χ1v) is 11.5. The summed E-state index contributed by atoms with van der Waals surface area (Å²) in [6.07, 6.45) is 15.6. The third kappa shape index (κ3) is 9.20. The minimum absolute atomic E-state index is 0.0544. The highest BCUT2D eigenvalue weighted by Crippen LogP contribution is 2.16. The fourth-order valence-corrected chi connectivity index (χ4v) is 3.90. The van der Waals surface area contributed by atoms with Crippen molar-refractivity contribution in [2.75, 3.05) is 11.9 Å². The van der Waals surface area contributed by atoms with Crippen LogP contribution in [0.25, 0.3) is 0 Å². The van der Waals surface area contributed by atoms with Crippen molar-refractivity contribution in [2.24, 2.45) is 0 Å². The smallest absolute Gasteiger partial charge is 0.241 e. The van der Waals surface area contributed by atoms with Crippen LogP contribution in [0.3, 0.4) is 0 Å². The number of nitrogens with one attached hydrogen (secondary N) is 2. The van der Waals surface area contributed by atoms with Gasteiger partial charge in [0.25, 0.3) is 0 Å². The zero-order chi connectivity index (χ0) is 20.0. The van der Waals surface area contributed by atoms with Crippen LogP contribution in [0.2, 0.25) is 0 Å². The lowest BCUT2D eigenvalue weighted by Crippen LogP contribution is -2.47. The molecule has 1 aliphatic heterocycles. The molecule has 0 radical (unpaired) electrons. The Bertz CT molecular complexity index is 544. The van der Waals surface area contributed by atoms with Crippen LogP contribution in [0.4, 0.5) is 5.69 Å². The van der Waals surface area contributed by atoms with Crippen molar-refractivity contribution in [2.45, 2.75) is 103 Å². The summed E-state index contributed by atoms with van der Waals surface area (Å²) >= 11 is 0. The highest BCUT2D eigenvalue weighted by Gasteiger charge is 2.25. The van der Waals surface area contributed by atoms with Crippen molar-refractivity contribution in [1.82, 2.24) is 5.32 Å². The summed E-state index contributed by atoms with van der Waals surface area (Å²) in [5, 5.41) is 15.8. The van der Waals surface area contributed by atoms with E-state index in [0.29, 0.717) is 13.0 Å². The second kappa shape index (κ2) is 13.7. The van der Waals surface area contributed by atoms with E-state index in [0.717, 1.165) is 18.5 Å². The molecular weight excluding hydrogens is 348 g/mol. The van der Waals surface area contributed by atoms with Crippen LogP contribution in [-0.2, 0) is 11.2 Å². The van der Waals surface area contributed by atoms with E-state index in [1.54, 1.807) is 0 Å². The first kappa shape index (κ1) is 22.9. The summed E-state index contributed by atoms with van der Waals surface area (Å²) in [4.78, 5) is 12.3. The van der Waals surface area contributed by atoms with E-state index in [1.807, 2.05) is 12.1 Å². The fraction of sp³-hybridized carbons (Fsp3) is 0.708. The molecule has 2 rings (SSSR count). The SMILES string of the molecule is CCCCCCCCCCCCc1ccc(NC(=O)C2CC(O)CCN2)cc1. The molecule has 0 saturated carbocycles. The van der Waals surface area contributed by atoms with Crippen molar-refractivity contribution >= 4 is 11.6 Å². The van der Waals surface area contributed by atoms with Crippen LogP contribution in [0.15, 0.2) is 24.3 Å². The van der Waals surface area contributed by atoms with Gasteiger partial charge in [-0.3, -0.25) is 4.79 Å². The van der Waals surface area contributed by atoms with Crippen molar-refractivity contribution in [3.8, 4) is 0 Å². The molecule has 1 fully saturated rings. The van der Waals surface area contributed by atoms with Crippen molar-refractivity contribution in [3.63, 3.8) is 0 Å². The van der Waals surface area contributed by atoms with E-state index in [1.165, 1.54) is 69.8 Å². The Balaban J connectivity index is 1.55. The average Bonchev–Trinajstić information content (AvgIpc) is 2.70. The first-order valence-electron chi connectivity index (χ1n) is 11.5. The summed E-state index contributed by atoms with van der Waals surface area (Å²) in [6, 6.07) is 7.92. The van der Waals surface area contributed by atoms with Gasteiger partial charge in [-0.2, -0.15) is 0 Å². The molecule has 1 heterocycles. The van der Waals surface area contributed by atoms with Crippen molar-refractivity contribution in [1.29, 1.82) is 0 Å². The molecule has 4 heteroatoms. The molecule has 28 heavy (non-hydrogen) atoms. The molecule has 1 saturated heterocycles. The largest absolute Gasteiger partial charge is 0.393 e. The highest BCUT2D eigenvalue weighted by molar-refractivity contribution is 5.94. The van der Waals surface area contributed by atoms with E-state index in [4.69, 9.17) is 0 Å². The molecule has 1 aromatic rings. The zero-order valence-electron chi connectivity index (χ0n) is 17.7. The summed E-state index contributed by atoms with van der Waals surface area (Å²) < 4.78 is 0. The van der Waals surface area contributed by atoms with Gasteiger partial charge in [0, 0.05) is 5.69 Å². The third-order valence-corrected chi connectivity index (χ3v) is 5.73. The van der Waals surface area contributed by atoms with Gasteiger partial charge in [0.05, 0.1) is 12.1 Å². The van der Waals surface area contributed by atoms with Gasteiger partial charge in [0.15, 0.2) is 0 Å². The molecule has 0 spiro atoms. The normalized spacial score (nSPS) is 19.5. The van der Waals surface area contributed by atoms with Crippen LogP contribution >= 0.6 is 0 Å². The molecule has 0 aromatic heterocycles. The summed E-state index contributed by atoms with van der Waals surface area (Å²) in [6.45, 7) is 2.96. The predicted molar refractivity (Wildman–Crippen MR) is 118 cm³/mol. The topological polar surface area (TPSA) is 61.4 Å². The van der Waals surface area contributed by atoms with Crippen LogP contribution in [0, 0.1) is 0 Å². The number of unbranched alkanes of at least 4 members (excludes halogenated alkanes) is 9. The summed E-state index contributed by atoms with van der Waals surface area (Å²) in [5.41, 5.74) is 2.17. The van der Waals surface area contributed by atoms with Crippen LogP contribution in [0.1, 0.15) is 89.5 Å². The van der Waals surface area contributed by atoms with Gasteiger partial charge in [0.2, 0.25) is 5.91 Å². The van der Waals surface area contributed by atoms with Crippen molar-refractivity contribution < 1.29 is 9.90 Å². The quantitative estimate of drug-likeness (QED) is 0.407. The fourth-order valence-electron chi connectivity index (χ4n) is 3.90. The third-order valence-electron chi connectivity index (χ3n) is 5.73. The van der Waals surface area contributed by atoms with Crippen LogP contribution < -0.4 is 10.6 Å². The van der Waals surface area contributed by atoms with Crippen LogP contribution in [0.5, 0.6) is 0 Å². The minimum Gasteiger partial charge on any atom is -0.393 e. The number of piperidine rings is 1. The first-order chi connectivity index (χ1) is 13.7. The van der Waals surface area contributed by atoms with Crippen LogP contribution in [-0.4, -0.2) is 29.7 Å². The monoisotopic (exact) mass is 388 g/mol. The average molecular weight is 389 g/mol. The molecule has 2 unspecified atom stereocenters. The molecule has 1 aliphatic rings. The number of rotatable bonds is 13. The molecule has 2 atom stereocenters. The second-order valence-electron chi connectivity index (χ2n) is 8.30. The van der Waals surface area contributed by atoms with Gasteiger partial charge in [-0.1, -0.05) is 76.8 Å². The Kier molecular flexibility index (Phi) is 11.2. The highest BCUT2D eigenvalue weighted by atomic mass is 16.3. The minimum atomic E-state index is -0.375. The van der Waals surface area contributed by atoms with E-state index in [9.17, 15) is 9.90 Å². The maximum absolute atomic E-state index is 12.3. The maximum atomic E-state index is 12.3. The molecule has 3 N–H and O–H groups in total. The molecule has 1 aromatic carbocycles. The van der Waals surface area contributed by atoms with E-state index < -0.39 is 0 Å². The Morgan fingerprint density at radius 1 is 1.00 bits per heavy atom. The molecular formula is C24H40N2O2. The summed E-state index contributed by atoms with van der Waals surface area (Å²) in [5.74, 6) is -0.0544. The number of aliphatic hydroxyl groups is 1. The van der Waals surface area contributed by atoms with Crippen molar-refractivity contribution in [3.05, 3.63) is 29.8 Å². The lowest BCUT2D eigenvalue weighted by atomic mass is 10.0. The number of amides is 1. The number of carbonyl (C=O) groups is 1. The number of hydrogen-bond acceptors (Lipinski definition) is 3. The standard InChI is InChI=1S/C24H40N2O2/c1-2-3-4-5-6-7-8-9-10-11-12-20-13-15-21(16-14-20)26-24(28)23-19-22(27)17-18-25-23/h13-16,22-23,25,27H,2-12,17-19H2,1H3,(H,26,28). The lowest BCUT2D eigenvalue weighted by Gasteiger charge is -2.26.